The smallest absolute Gasteiger partial charge is 0.144 e. The molecule has 0 unspecified atom stereocenters. The van der Waals surface area contributed by atoms with E-state index in [4.69, 9.17) is 0 Å². The van der Waals surface area contributed by atoms with Crippen LogP contribution in [-0.2, 0) is 0 Å². The van der Waals surface area contributed by atoms with Gasteiger partial charge in [0.25, 0.3) is 0 Å². The summed E-state index contributed by atoms with van der Waals surface area (Å²) in [5, 5.41) is 6.20. The summed E-state index contributed by atoms with van der Waals surface area (Å²) < 4.78 is 13.2. The maximum absolute atomic E-state index is 13.2. The topological polar surface area (TPSA) is 50.7 Å². The second kappa shape index (κ2) is 7.41. The van der Waals surface area contributed by atoms with Gasteiger partial charge in [-0.05, 0) is 28.8 Å². The Hall–Kier alpha value is -3.64. The van der Waals surface area contributed by atoms with Gasteiger partial charge in [0.05, 0.1) is 11.6 Å². The number of fused-ring (bicyclic) bond motifs is 1. The molecular weight excluding hydrogens is 383 g/mol. The van der Waals surface area contributed by atoms with Crippen molar-refractivity contribution in [3.63, 3.8) is 0 Å². The highest BCUT2D eigenvalue weighted by molar-refractivity contribution is 7.17. The molecule has 3 heterocycles. The number of rotatable bonds is 4. The normalized spacial score (nSPS) is 10.9. The van der Waals surface area contributed by atoms with Crippen LogP contribution >= 0.6 is 11.3 Å². The van der Waals surface area contributed by atoms with E-state index < -0.39 is 0 Å². The van der Waals surface area contributed by atoms with Gasteiger partial charge in [0.2, 0.25) is 0 Å². The zero-order valence-electron chi connectivity index (χ0n) is 15.2. The molecule has 140 valence electrons. The maximum Gasteiger partial charge on any atom is 0.144 e. The second-order valence-corrected chi connectivity index (χ2v) is 7.34. The quantitative estimate of drug-likeness (QED) is 0.386. The van der Waals surface area contributed by atoms with Gasteiger partial charge in [-0.1, -0.05) is 54.6 Å². The molecule has 0 aliphatic heterocycles. The van der Waals surface area contributed by atoms with E-state index in [1.54, 1.807) is 17.4 Å². The van der Waals surface area contributed by atoms with Gasteiger partial charge < -0.3 is 5.32 Å². The number of benzene rings is 2. The van der Waals surface area contributed by atoms with Crippen molar-refractivity contribution < 1.29 is 4.39 Å². The number of pyridine rings is 1. The largest absolute Gasteiger partial charge is 0.324 e. The fraction of sp³-hybridized carbons (Fsp3) is 0. The minimum absolute atomic E-state index is 0.377. The summed E-state index contributed by atoms with van der Waals surface area (Å²) in [5.74, 6) is 0.804. The Balaban J connectivity index is 1.54. The number of nitrogens with one attached hydrogen (secondary N) is 1. The standard InChI is InChI=1S/C23H15FN4S/c24-18-10-11-20(25-12-18)28-22-21-19(13-29-23(21)27-14-26-22)17-8-6-16(7-9-17)15-4-2-1-3-5-15/h1-14H,(H,25,26,27,28). The van der Waals surface area contributed by atoms with Crippen LogP contribution in [0.4, 0.5) is 16.0 Å². The lowest BCUT2D eigenvalue weighted by atomic mass is 10.0. The van der Waals surface area contributed by atoms with Crippen LogP contribution in [0.15, 0.2) is 84.6 Å². The van der Waals surface area contributed by atoms with Gasteiger partial charge in [0.15, 0.2) is 0 Å². The molecule has 5 rings (SSSR count). The van der Waals surface area contributed by atoms with Gasteiger partial charge in [0, 0.05) is 10.9 Å². The first-order valence-electron chi connectivity index (χ1n) is 9.04. The van der Waals surface area contributed by atoms with Crippen molar-refractivity contribution in [2.45, 2.75) is 0 Å². The Morgan fingerprint density at radius 1 is 0.759 bits per heavy atom. The van der Waals surface area contributed by atoms with Crippen molar-refractivity contribution in [2.24, 2.45) is 0 Å². The lowest BCUT2D eigenvalue weighted by Gasteiger charge is -2.08. The van der Waals surface area contributed by atoms with Gasteiger partial charge in [-0.3, -0.25) is 0 Å². The first kappa shape index (κ1) is 17.5. The molecule has 0 amide bonds. The molecule has 0 atom stereocenters. The van der Waals surface area contributed by atoms with E-state index in [1.165, 1.54) is 29.7 Å². The highest BCUT2D eigenvalue weighted by Gasteiger charge is 2.14. The van der Waals surface area contributed by atoms with E-state index in [2.05, 4.69) is 62.0 Å². The summed E-state index contributed by atoms with van der Waals surface area (Å²) in [6, 6.07) is 21.7. The predicted molar refractivity (Wildman–Crippen MR) is 116 cm³/mol. The monoisotopic (exact) mass is 398 g/mol. The highest BCUT2D eigenvalue weighted by Crippen LogP contribution is 2.37. The molecule has 4 nitrogen and oxygen atoms in total. The fourth-order valence-corrected chi connectivity index (χ4v) is 4.14. The number of nitrogens with zero attached hydrogens (tertiary/aromatic N) is 3. The van der Waals surface area contributed by atoms with Crippen LogP contribution in [0.25, 0.3) is 32.5 Å². The summed E-state index contributed by atoms with van der Waals surface area (Å²) >= 11 is 1.57. The van der Waals surface area contributed by atoms with Gasteiger partial charge in [-0.25, -0.2) is 19.3 Å². The Kier molecular flexibility index (Phi) is 4.46. The minimum Gasteiger partial charge on any atom is -0.324 e. The Bertz CT molecular complexity index is 1270. The molecule has 6 heteroatoms. The Labute approximate surface area is 170 Å². The van der Waals surface area contributed by atoms with Crippen molar-refractivity contribution >= 4 is 33.2 Å². The molecular formula is C23H15FN4S. The van der Waals surface area contributed by atoms with E-state index >= 15 is 0 Å². The van der Waals surface area contributed by atoms with Crippen LogP contribution in [0.2, 0.25) is 0 Å². The summed E-state index contributed by atoms with van der Waals surface area (Å²) in [5.41, 5.74) is 4.48. The van der Waals surface area contributed by atoms with E-state index in [0.717, 1.165) is 21.3 Å². The lowest BCUT2D eigenvalue weighted by Crippen LogP contribution is -1.97. The molecule has 0 fully saturated rings. The Morgan fingerprint density at radius 3 is 2.28 bits per heavy atom. The van der Waals surface area contributed by atoms with Gasteiger partial charge in [0.1, 0.15) is 28.6 Å². The van der Waals surface area contributed by atoms with Crippen LogP contribution < -0.4 is 5.32 Å². The Morgan fingerprint density at radius 2 is 1.52 bits per heavy atom. The molecule has 0 radical (unpaired) electrons. The van der Waals surface area contributed by atoms with Crippen molar-refractivity contribution in [3.05, 3.63) is 90.5 Å². The summed E-state index contributed by atoms with van der Waals surface area (Å²) in [7, 11) is 0. The molecule has 5 aromatic rings. The van der Waals surface area contributed by atoms with Crippen LogP contribution in [0.3, 0.4) is 0 Å². The number of hydrogen-bond donors (Lipinski definition) is 1. The van der Waals surface area contributed by atoms with Crippen molar-refractivity contribution in [3.8, 4) is 22.3 Å². The van der Waals surface area contributed by atoms with Crippen LogP contribution in [0.1, 0.15) is 0 Å². The maximum atomic E-state index is 13.2. The second-order valence-electron chi connectivity index (χ2n) is 6.48. The summed E-state index contributed by atoms with van der Waals surface area (Å²) in [6.07, 6.45) is 2.70. The van der Waals surface area contributed by atoms with E-state index in [-0.39, 0.29) is 5.82 Å². The van der Waals surface area contributed by atoms with Crippen molar-refractivity contribution in [2.75, 3.05) is 5.32 Å². The molecule has 0 aliphatic rings. The van der Waals surface area contributed by atoms with E-state index in [0.29, 0.717) is 11.6 Å². The molecule has 3 aromatic heterocycles. The molecule has 2 aromatic carbocycles. The van der Waals surface area contributed by atoms with E-state index in [1.807, 2.05) is 18.2 Å². The number of aromatic nitrogens is 3. The SMILES string of the molecule is Fc1ccc(Nc2ncnc3scc(-c4ccc(-c5ccccc5)cc4)c23)nc1. The number of halogens is 1. The van der Waals surface area contributed by atoms with Crippen molar-refractivity contribution in [1.29, 1.82) is 0 Å². The number of hydrogen-bond acceptors (Lipinski definition) is 5. The van der Waals surface area contributed by atoms with Crippen LogP contribution in [0, 0.1) is 5.82 Å². The molecule has 0 saturated heterocycles. The van der Waals surface area contributed by atoms with Gasteiger partial charge in [-0.2, -0.15) is 0 Å². The first-order valence-corrected chi connectivity index (χ1v) is 9.92. The van der Waals surface area contributed by atoms with Gasteiger partial charge in [-0.15, -0.1) is 11.3 Å². The lowest BCUT2D eigenvalue weighted by molar-refractivity contribution is 0.622. The third-order valence-electron chi connectivity index (χ3n) is 4.65. The molecule has 1 N–H and O–H groups in total. The zero-order chi connectivity index (χ0) is 19.6. The minimum atomic E-state index is -0.377. The van der Waals surface area contributed by atoms with Crippen molar-refractivity contribution in [1.82, 2.24) is 15.0 Å². The van der Waals surface area contributed by atoms with Crippen LogP contribution in [0.5, 0.6) is 0 Å². The summed E-state index contributed by atoms with van der Waals surface area (Å²) in [4.78, 5) is 13.7. The number of anilines is 2. The van der Waals surface area contributed by atoms with Gasteiger partial charge >= 0.3 is 0 Å². The fourth-order valence-electron chi connectivity index (χ4n) is 3.23. The molecule has 29 heavy (non-hydrogen) atoms. The third-order valence-corrected chi connectivity index (χ3v) is 5.53. The summed E-state index contributed by atoms with van der Waals surface area (Å²) in [6.45, 7) is 0. The van der Waals surface area contributed by atoms with E-state index in [9.17, 15) is 4.39 Å². The third kappa shape index (κ3) is 3.46. The highest BCUT2D eigenvalue weighted by atomic mass is 32.1. The van der Waals surface area contributed by atoms with Crippen LogP contribution in [-0.4, -0.2) is 15.0 Å². The molecule has 0 saturated carbocycles. The predicted octanol–water partition coefficient (Wildman–Crippen LogP) is 6.30. The average Bonchev–Trinajstić information content (AvgIpc) is 3.21. The zero-order valence-corrected chi connectivity index (χ0v) is 16.0. The average molecular weight is 398 g/mol. The number of thiophene rings is 1. The molecule has 0 aliphatic carbocycles. The molecule has 0 bridgehead atoms. The first-order chi connectivity index (χ1) is 14.3. The molecule has 0 spiro atoms.